The zero-order chi connectivity index (χ0) is 16.4. The van der Waals surface area contributed by atoms with Gasteiger partial charge in [-0.3, -0.25) is 4.79 Å². The largest absolute Gasteiger partial charge is 0.493 e. The first kappa shape index (κ1) is 14.9. The van der Waals surface area contributed by atoms with Crippen LogP contribution in [0.15, 0.2) is 42.5 Å². The lowest BCUT2D eigenvalue weighted by Crippen LogP contribution is -2.32. The summed E-state index contributed by atoms with van der Waals surface area (Å²) in [5.74, 6) is 2.44. The number of benzene rings is 2. The van der Waals surface area contributed by atoms with Crippen LogP contribution in [0.1, 0.15) is 30.0 Å². The molecule has 0 spiro atoms. The second kappa shape index (κ2) is 6.43. The van der Waals surface area contributed by atoms with Gasteiger partial charge < -0.3 is 19.5 Å². The molecule has 1 atom stereocenters. The molecular weight excluding hydrogens is 306 g/mol. The van der Waals surface area contributed by atoms with E-state index in [1.54, 1.807) is 0 Å². The smallest absolute Gasteiger partial charge is 0.231 e. The second-order valence-corrected chi connectivity index (χ2v) is 5.98. The molecule has 124 valence electrons. The third-order valence-electron chi connectivity index (χ3n) is 4.37. The third-order valence-corrected chi connectivity index (χ3v) is 4.37. The topological polar surface area (TPSA) is 56.8 Å². The van der Waals surface area contributed by atoms with E-state index in [1.807, 2.05) is 42.5 Å². The Kier molecular flexibility index (Phi) is 3.99. The number of carbonyl (C=O) groups excluding carboxylic acids is 1. The van der Waals surface area contributed by atoms with Gasteiger partial charge in [0.2, 0.25) is 12.7 Å². The van der Waals surface area contributed by atoms with Crippen LogP contribution >= 0.6 is 0 Å². The van der Waals surface area contributed by atoms with Crippen LogP contribution in [0.3, 0.4) is 0 Å². The molecule has 5 heteroatoms. The van der Waals surface area contributed by atoms with E-state index in [2.05, 4.69) is 5.32 Å². The van der Waals surface area contributed by atoms with Crippen molar-refractivity contribution in [1.29, 1.82) is 0 Å². The summed E-state index contributed by atoms with van der Waals surface area (Å²) in [4.78, 5) is 12.3. The van der Waals surface area contributed by atoms with Crippen LogP contribution in [0.2, 0.25) is 0 Å². The quantitative estimate of drug-likeness (QED) is 0.939. The molecule has 0 aromatic heterocycles. The highest BCUT2D eigenvalue weighted by molar-refractivity contribution is 5.77. The molecule has 1 N–H and O–H groups in total. The zero-order valence-electron chi connectivity index (χ0n) is 13.3. The van der Waals surface area contributed by atoms with E-state index in [0.29, 0.717) is 19.4 Å². The molecule has 2 aliphatic heterocycles. The van der Waals surface area contributed by atoms with Crippen molar-refractivity contribution in [2.24, 2.45) is 0 Å². The zero-order valence-corrected chi connectivity index (χ0v) is 13.3. The summed E-state index contributed by atoms with van der Waals surface area (Å²) < 4.78 is 16.3. The lowest BCUT2D eigenvalue weighted by Gasteiger charge is -2.26. The fraction of sp³-hybridized carbons (Fsp3) is 0.316. The van der Waals surface area contributed by atoms with Gasteiger partial charge >= 0.3 is 0 Å². The van der Waals surface area contributed by atoms with Crippen LogP contribution in [0.5, 0.6) is 17.2 Å². The molecular formula is C19H19NO4. The number of amides is 1. The van der Waals surface area contributed by atoms with Crippen molar-refractivity contribution in [2.45, 2.75) is 25.3 Å². The van der Waals surface area contributed by atoms with Crippen LogP contribution in [0, 0.1) is 0 Å². The fourth-order valence-electron chi connectivity index (χ4n) is 3.11. The van der Waals surface area contributed by atoms with Crippen LogP contribution in [0.4, 0.5) is 0 Å². The van der Waals surface area contributed by atoms with Gasteiger partial charge in [0.05, 0.1) is 12.6 Å². The Labute approximate surface area is 140 Å². The highest BCUT2D eigenvalue weighted by atomic mass is 16.7. The first-order chi connectivity index (χ1) is 11.8. The fourth-order valence-corrected chi connectivity index (χ4v) is 3.11. The average molecular weight is 325 g/mol. The molecule has 5 nitrogen and oxygen atoms in total. The van der Waals surface area contributed by atoms with Gasteiger partial charge in [-0.05, 0) is 30.2 Å². The number of fused-ring (bicyclic) bond motifs is 2. The van der Waals surface area contributed by atoms with Gasteiger partial charge in [-0.1, -0.05) is 24.3 Å². The van der Waals surface area contributed by atoms with Gasteiger partial charge in [-0.15, -0.1) is 0 Å². The highest BCUT2D eigenvalue weighted by Crippen LogP contribution is 2.33. The number of para-hydroxylation sites is 1. The maximum absolute atomic E-state index is 12.3. The molecule has 2 aromatic carbocycles. The van der Waals surface area contributed by atoms with Crippen molar-refractivity contribution < 1.29 is 19.0 Å². The number of aryl methyl sites for hydroxylation is 1. The number of ether oxygens (including phenoxy) is 3. The van der Waals surface area contributed by atoms with E-state index in [0.717, 1.165) is 34.8 Å². The maximum atomic E-state index is 12.3. The van der Waals surface area contributed by atoms with Crippen molar-refractivity contribution in [3.63, 3.8) is 0 Å². The number of nitrogens with one attached hydrogen (secondary N) is 1. The number of hydrogen-bond acceptors (Lipinski definition) is 4. The van der Waals surface area contributed by atoms with Gasteiger partial charge in [0.15, 0.2) is 11.5 Å². The highest BCUT2D eigenvalue weighted by Gasteiger charge is 2.22. The number of hydrogen-bond donors (Lipinski definition) is 1. The standard InChI is InChI=1S/C19H19NO4/c21-19(8-6-13-5-7-17-18(11-13)24-12-23-17)20-15-9-10-22-16-4-2-1-3-14(15)16/h1-5,7,11,15H,6,8-10,12H2,(H,20,21). The molecule has 0 bridgehead atoms. The molecule has 2 aromatic rings. The summed E-state index contributed by atoms with van der Waals surface area (Å²) in [5.41, 5.74) is 2.13. The van der Waals surface area contributed by atoms with E-state index in [9.17, 15) is 4.79 Å². The van der Waals surface area contributed by atoms with E-state index in [-0.39, 0.29) is 18.7 Å². The van der Waals surface area contributed by atoms with Crippen molar-refractivity contribution in [3.8, 4) is 17.2 Å². The number of rotatable bonds is 4. The lowest BCUT2D eigenvalue weighted by atomic mass is 10.00. The van der Waals surface area contributed by atoms with Crippen molar-refractivity contribution in [1.82, 2.24) is 5.32 Å². The third kappa shape index (κ3) is 3.02. The van der Waals surface area contributed by atoms with E-state index in [1.165, 1.54) is 0 Å². The molecule has 0 aliphatic carbocycles. The minimum atomic E-state index is 0.0270. The first-order valence-corrected chi connectivity index (χ1v) is 8.19. The van der Waals surface area contributed by atoms with Gasteiger partial charge in [0, 0.05) is 18.4 Å². The molecule has 24 heavy (non-hydrogen) atoms. The summed E-state index contributed by atoms with van der Waals surface area (Å²) in [6.45, 7) is 0.895. The van der Waals surface area contributed by atoms with Crippen molar-refractivity contribution in [3.05, 3.63) is 53.6 Å². The molecule has 2 aliphatic rings. The molecule has 1 amide bonds. The SMILES string of the molecule is O=C(CCc1ccc2c(c1)OCO2)NC1CCOc2ccccc21. The maximum Gasteiger partial charge on any atom is 0.231 e. The Hall–Kier alpha value is -2.69. The molecule has 2 heterocycles. The summed E-state index contributed by atoms with van der Waals surface area (Å²) in [6, 6.07) is 13.7. The van der Waals surface area contributed by atoms with E-state index >= 15 is 0 Å². The molecule has 4 rings (SSSR count). The predicted octanol–water partition coefficient (Wildman–Crippen LogP) is 2.99. The first-order valence-electron chi connectivity index (χ1n) is 8.19. The van der Waals surface area contributed by atoms with Gasteiger partial charge in [0.1, 0.15) is 5.75 Å². The predicted molar refractivity (Wildman–Crippen MR) is 88.3 cm³/mol. The Morgan fingerprint density at radius 1 is 1.04 bits per heavy atom. The van der Waals surface area contributed by atoms with E-state index < -0.39 is 0 Å². The monoisotopic (exact) mass is 325 g/mol. The summed E-state index contributed by atoms with van der Waals surface area (Å²) >= 11 is 0. The van der Waals surface area contributed by atoms with Gasteiger partial charge in [0.25, 0.3) is 0 Å². The molecule has 1 unspecified atom stereocenters. The van der Waals surface area contributed by atoms with Crippen LogP contribution in [-0.4, -0.2) is 19.3 Å². The molecule has 0 fully saturated rings. The lowest BCUT2D eigenvalue weighted by molar-refractivity contribution is -0.122. The summed E-state index contributed by atoms with van der Waals surface area (Å²) in [7, 11) is 0. The van der Waals surface area contributed by atoms with E-state index in [4.69, 9.17) is 14.2 Å². The second-order valence-electron chi connectivity index (χ2n) is 5.98. The van der Waals surface area contributed by atoms with Crippen LogP contribution in [-0.2, 0) is 11.2 Å². The van der Waals surface area contributed by atoms with Gasteiger partial charge in [-0.2, -0.15) is 0 Å². The molecule has 0 saturated heterocycles. The Morgan fingerprint density at radius 2 is 1.92 bits per heavy atom. The van der Waals surface area contributed by atoms with Crippen LogP contribution < -0.4 is 19.5 Å². The average Bonchev–Trinajstić information content (AvgIpc) is 3.08. The minimum Gasteiger partial charge on any atom is -0.493 e. The molecule has 0 radical (unpaired) electrons. The van der Waals surface area contributed by atoms with Crippen LogP contribution in [0.25, 0.3) is 0 Å². The normalized spacial score (nSPS) is 17.8. The molecule has 0 saturated carbocycles. The summed E-state index contributed by atoms with van der Waals surface area (Å²) in [6.07, 6.45) is 1.92. The van der Waals surface area contributed by atoms with Gasteiger partial charge in [-0.25, -0.2) is 0 Å². The Bertz CT molecular complexity index is 759. The number of carbonyl (C=O) groups is 1. The Balaban J connectivity index is 1.36. The Morgan fingerprint density at radius 3 is 2.88 bits per heavy atom. The van der Waals surface area contributed by atoms with Crippen molar-refractivity contribution in [2.75, 3.05) is 13.4 Å². The summed E-state index contributed by atoms with van der Waals surface area (Å²) in [5, 5.41) is 3.12. The van der Waals surface area contributed by atoms with Crippen molar-refractivity contribution >= 4 is 5.91 Å². The minimum absolute atomic E-state index is 0.0270.